The number of aliphatic hydroxyl groups is 6. The maximum Gasteiger partial charge on any atom is 0.317 e. The van der Waals surface area contributed by atoms with Crippen LogP contribution in [0, 0.1) is 11.8 Å². The lowest BCUT2D eigenvalue weighted by atomic mass is 9.75. The molecule has 2 rings (SSSR count). The standard InChI is InChI=1S/C21H32O16/c22-10-1-8(4-35-15(27)2-13(23)24)9(17(29)18(10)30)5-34-6-11-19(31)21(33)20(32)12(37-11)7-36-16(28)3-14(25)26/h8-12,17-22,29-33H,1-7H2,(H,23,24)(H,25,26)/t8?,9-,10+,11-,12?,17-,18?,19?,20-,21+/m0/s1. The van der Waals surface area contributed by atoms with Crippen molar-refractivity contribution in [1.82, 2.24) is 0 Å². The molecule has 0 amide bonds. The van der Waals surface area contributed by atoms with E-state index in [1.54, 1.807) is 0 Å². The highest BCUT2D eigenvalue weighted by Gasteiger charge is 2.46. The van der Waals surface area contributed by atoms with E-state index in [0.29, 0.717) is 0 Å². The number of hydrogen-bond acceptors (Lipinski definition) is 14. The zero-order valence-electron chi connectivity index (χ0n) is 19.6. The Morgan fingerprint density at radius 2 is 1.16 bits per heavy atom. The van der Waals surface area contributed by atoms with Crippen molar-refractivity contribution in [3.63, 3.8) is 0 Å². The van der Waals surface area contributed by atoms with Crippen LogP contribution in [-0.4, -0.2) is 140 Å². The Labute approximate surface area is 209 Å². The van der Waals surface area contributed by atoms with Crippen molar-refractivity contribution < 1.29 is 79.0 Å². The van der Waals surface area contributed by atoms with E-state index in [0.717, 1.165) is 0 Å². The van der Waals surface area contributed by atoms with E-state index in [2.05, 4.69) is 0 Å². The summed E-state index contributed by atoms with van der Waals surface area (Å²) in [6, 6.07) is 0. The molecule has 16 heteroatoms. The highest BCUT2D eigenvalue weighted by atomic mass is 16.6. The third-order valence-corrected chi connectivity index (χ3v) is 6.19. The molecule has 0 radical (unpaired) electrons. The van der Waals surface area contributed by atoms with Crippen LogP contribution in [0.3, 0.4) is 0 Å². The van der Waals surface area contributed by atoms with Crippen molar-refractivity contribution in [2.75, 3.05) is 26.4 Å². The van der Waals surface area contributed by atoms with E-state index in [9.17, 15) is 49.8 Å². The van der Waals surface area contributed by atoms with E-state index < -0.39 is 111 Å². The molecule has 1 saturated heterocycles. The molecule has 16 nitrogen and oxygen atoms in total. The van der Waals surface area contributed by atoms with E-state index in [-0.39, 0.29) is 19.6 Å². The van der Waals surface area contributed by atoms with Crippen LogP contribution in [0.1, 0.15) is 19.3 Å². The normalized spacial score (nSPS) is 35.9. The van der Waals surface area contributed by atoms with Crippen LogP contribution in [0.4, 0.5) is 0 Å². The lowest BCUT2D eigenvalue weighted by molar-refractivity contribution is -0.243. The molecule has 212 valence electrons. The molecule has 8 N–H and O–H groups in total. The number of carbonyl (C=O) groups excluding carboxylic acids is 2. The smallest absolute Gasteiger partial charge is 0.317 e. The molecule has 0 aromatic heterocycles. The molecule has 0 aromatic rings. The molecule has 0 aromatic carbocycles. The van der Waals surface area contributed by atoms with Gasteiger partial charge in [-0.05, 0) is 6.42 Å². The fraction of sp³-hybridized carbons (Fsp3) is 0.810. The molecule has 1 saturated carbocycles. The first-order valence-corrected chi connectivity index (χ1v) is 11.4. The van der Waals surface area contributed by atoms with Crippen molar-refractivity contribution >= 4 is 23.9 Å². The zero-order chi connectivity index (χ0) is 27.9. The number of carboxylic acids is 2. The van der Waals surface area contributed by atoms with E-state index >= 15 is 0 Å². The number of esters is 2. The number of aliphatic hydroxyl groups excluding tert-OH is 6. The summed E-state index contributed by atoms with van der Waals surface area (Å²) in [5.74, 6) is -6.63. The summed E-state index contributed by atoms with van der Waals surface area (Å²) in [4.78, 5) is 44.2. The van der Waals surface area contributed by atoms with Crippen molar-refractivity contribution in [1.29, 1.82) is 0 Å². The van der Waals surface area contributed by atoms with E-state index in [4.69, 9.17) is 29.2 Å². The molecule has 1 aliphatic carbocycles. The fourth-order valence-corrected chi connectivity index (χ4v) is 4.16. The summed E-state index contributed by atoms with van der Waals surface area (Å²) in [5.41, 5.74) is 0. The molecular weight excluding hydrogens is 508 g/mol. The molecule has 2 aliphatic rings. The van der Waals surface area contributed by atoms with Gasteiger partial charge in [0.2, 0.25) is 0 Å². The molecule has 1 heterocycles. The highest BCUT2D eigenvalue weighted by Crippen LogP contribution is 2.32. The second-order valence-corrected chi connectivity index (χ2v) is 8.94. The van der Waals surface area contributed by atoms with Gasteiger partial charge in [-0.1, -0.05) is 0 Å². The molecule has 0 bridgehead atoms. The summed E-state index contributed by atoms with van der Waals surface area (Å²) < 4.78 is 20.6. The average Bonchev–Trinajstić information content (AvgIpc) is 2.81. The molecule has 4 unspecified atom stereocenters. The lowest BCUT2D eigenvalue weighted by Crippen LogP contribution is -2.60. The largest absolute Gasteiger partial charge is 0.481 e. The van der Waals surface area contributed by atoms with Crippen molar-refractivity contribution in [2.24, 2.45) is 11.8 Å². The molecule has 1 aliphatic heterocycles. The van der Waals surface area contributed by atoms with Crippen molar-refractivity contribution in [2.45, 2.75) is 68.1 Å². The van der Waals surface area contributed by atoms with Crippen LogP contribution in [0.2, 0.25) is 0 Å². The van der Waals surface area contributed by atoms with Gasteiger partial charge in [0, 0.05) is 11.8 Å². The van der Waals surface area contributed by atoms with Crippen LogP contribution in [-0.2, 0) is 38.1 Å². The number of carboxylic acid groups (broad SMARTS) is 2. The number of aliphatic carboxylic acids is 2. The molecule has 37 heavy (non-hydrogen) atoms. The summed E-state index contributed by atoms with van der Waals surface area (Å²) in [7, 11) is 0. The lowest BCUT2D eigenvalue weighted by Gasteiger charge is -2.42. The minimum absolute atomic E-state index is 0.107. The molecule has 10 atom stereocenters. The van der Waals surface area contributed by atoms with Gasteiger partial charge in [-0.3, -0.25) is 19.2 Å². The maximum atomic E-state index is 11.6. The fourth-order valence-electron chi connectivity index (χ4n) is 4.16. The third-order valence-electron chi connectivity index (χ3n) is 6.19. The Hall–Kier alpha value is -2.44. The average molecular weight is 540 g/mol. The SMILES string of the molecule is O=C(O)CC(=O)OCC1O[C@@H](COC[C@H]2C(COC(=O)CC(=O)O)C[C@@H](O)C(O)[C@H]2O)C(O)[C@@H](O)[C@H]1O. The van der Waals surface area contributed by atoms with Crippen LogP contribution in [0.25, 0.3) is 0 Å². The first-order chi connectivity index (χ1) is 17.3. The number of carbonyl (C=O) groups is 4. The number of hydrogen-bond donors (Lipinski definition) is 8. The van der Waals surface area contributed by atoms with Gasteiger partial charge in [0.15, 0.2) is 0 Å². The number of rotatable bonds is 12. The quantitative estimate of drug-likeness (QED) is 0.0857. The van der Waals surface area contributed by atoms with Crippen LogP contribution in [0.5, 0.6) is 0 Å². The van der Waals surface area contributed by atoms with E-state index in [1.807, 2.05) is 0 Å². The number of ether oxygens (including phenoxy) is 4. The predicted molar refractivity (Wildman–Crippen MR) is 114 cm³/mol. The topological polar surface area (TPSA) is 267 Å². The predicted octanol–water partition coefficient (Wildman–Crippen LogP) is -4.39. The van der Waals surface area contributed by atoms with Gasteiger partial charge in [-0.2, -0.15) is 0 Å². The first-order valence-electron chi connectivity index (χ1n) is 11.4. The highest BCUT2D eigenvalue weighted by molar-refractivity contribution is 5.90. The second kappa shape index (κ2) is 13.9. The molecular formula is C21H32O16. The Bertz CT molecular complexity index is 803. The van der Waals surface area contributed by atoms with Gasteiger partial charge in [0.05, 0.1) is 32.0 Å². The van der Waals surface area contributed by atoms with Gasteiger partial charge in [0.25, 0.3) is 0 Å². The Morgan fingerprint density at radius 3 is 1.70 bits per heavy atom. The van der Waals surface area contributed by atoms with Gasteiger partial charge in [0.1, 0.15) is 56.1 Å². The Balaban J connectivity index is 1.96. The summed E-state index contributed by atoms with van der Waals surface area (Å²) in [6.07, 6.45) is -14.0. The van der Waals surface area contributed by atoms with Crippen LogP contribution < -0.4 is 0 Å². The van der Waals surface area contributed by atoms with Crippen molar-refractivity contribution in [3.8, 4) is 0 Å². The Morgan fingerprint density at radius 1 is 0.649 bits per heavy atom. The summed E-state index contributed by atoms with van der Waals surface area (Å²) in [6.45, 7) is -1.73. The monoisotopic (exact) mass is 540 g/mol. The van der Waals surface area contributed by atoms with Gasteiger partial charge < -0.3 is 59.8 Å². The second-order valence-electron chi connectivity index (χ2n) is 8.94. The van der Waals surface area contributed by atoms with Gasteiger partial charge in [-0.25, -0.2) is 0 Å². The van der Waals surface area contributed by atoms with Gasteiger partial charge >= 0.3 is 23.9 Å². The van der Waals surface area contributed by atoms with E-state index in [1.165, 1.54) is 0 Å². The maximum absolute atomic E-state index is 11.6. The van der Waals surface area contributed by atoms with Crippen molar-refractivity contribution in [3.05, 3.63) is 0 Å². The molecule has 0 spiro atoms. The summed E-state index contributed by atoms with van der Waals surface area (Å²) >= 11 is 0. The van der Waals surface area contributed by atoms with Crippen LogP contribution in [0.15, 0.2) is 0 Å². The zero-order valence-corrected chi connectivity index (χ0v) is 19.6. The van der Waals surface area contributed by atoms with Crippen LogP contribution >= 0.6 is 0 Å². The third kappa shape index (κ3) is 8.82. The molecule has 2 fully saturated rings. The minimum Gasteiger partial charge on any atom is -0.481 e. The van der Waals surface area contributed by atoms with Gasteiger partial charge in [-0.15, -0.1) is 0 Å². The first kappa shape index (κ1) is 30.8. The minimum atomic E-state index is -1.73. The summed E-state index contributed by atoms with van der Waals surface area (Å²) in [5, 5.41) is 78.1. The Kier molecular flexibility index (Phi) is 11.6.